The summed E-state index contributed by atoms with van der Waals surface area (Å²) in [6.45, 7) is 6.44. The molecule has 1 heterocycles. The van der Waals surface area contributed by atoms with E-state index in [0.717, 1.165) is 22.9 Å². The van der Waals surface area contributed by atoms with Crippen LogP contribution in [0, 0.1) is 13.8 Å². The number of pyridine rings is 1. The third kappa shape index (κ3) is 4.79. The smallest absolute Gasteiger partial charge is 0.0965 e. The lowest BCUT2D eigenvalue weighted by molar-refractivity contribution is 0.169. The summed E-state index contributed by atoms with van der Waals surface area (Å²) in [7, 11) is 0. The molecule has 0 aromatic carbocycles. The lowest BCUT2D eigenvalue weighted by Crippen LogP contribution is -2.47. The Morgan fingerprint density at radius 1 is 1.42 bits per heavy atom. The van der Waals surface area contributed by atoms with Gasteiger partial charge >= 0.3 is 0 Å². The van der Waals surface area contributed by atoms with Gasteiger partial charge < -0.3 is 10.4 Å². The molecule has 106 valence electrons. The molecule has 4 heteroatoms. The molecule has 1 saturated carbocycles. The molecule has 0 saturated heterocycles. The first kappa shape index (κ1) is 14.8. The minimum atomic E-state index is -0.146. The first-order chi connectivity index (χ1) is 9.00. The Bertz CT molecular complexity index is 414. The van der Waals surface area contributed by atoms with Crippen molar-refractivity contribution in [1.82, 2.24) is 10.3 Å². The van der Waals surface area contributed by atoms with Gasteiger partial charge in [-0.1, -0.05) is 0 Å². The minimum Gasteiger partial charge on any atom is -0.394 e. The number of hydrogen-bond donors (Lipinski definition) is 2. The maximum atomic E-state index is 9.56. The Balaban J connectivity index is 1.83. The monoisotopic (exact) mass is 280 g/mol. The van der Waals surface area contributed by atoms with Crippen LogP contribution in [-0.2, 0) is 0 Å². The molecular formula is C15H24N2OS. The van der Waals surface area contributed by atoms with E-state index in [1.807, 2.05) is 6.92 Å². The molecule has 1 aromatic heterocycles. The second-order valence-corrected chi connectivity index (χ2v) is 6.98. The third-order valence-electron chi connectivity index (χ3n) is 3.46. The first-order valence-corrected chi connectivity index (χ1v) is 7.96. The van der Waals surface area contributed by atoms with Gasteiger partial charge in [0.15, 0.2) is 0 Å². The molecule has 0 amide bonds. The second kappa shape index (κ2) is 6.25. The van der Waals surface area contributed by atoms with Crippen molar-refractivity contribution in [2.45, 2.75) is 56.6 Å². The van der Waals surface area contributed by atoms with E-state index in [9.17, 15) is 5.11 Å². The average molecular weight is 280 g/mol. The summed E-state index contributed by atoms with van der Waals surface area (Å²) in [5.74, 6) is 0.979. The Labute approximate surface area is 120 Å². The number of nitrogens with one attached hydrogen (secondary N) is 1. The van der Waals surface area contributed by atoms with Gasteiger partial charge in [-0.25, -0.2) is 4.98 Å². The molecule has 2 N–H and O–H groups in total. The number of aromatic nitrogens is 1. The van der Waals surface area contributed by atoms with Crippen LogP contribution in [0.3, 0.4) is 0 Å². The zero-order valence-electron chi connectivity index (χ0n) is 12.1. The highest BCUT2D eigenvalue weighted by molar-refractivity contribution is 7.99. The van der Waals surface area contributed by atoms with Gasteiger partial charge in [0, 0.05) is 23.0 Å². The van der Waals surface area contributed by atoms with Crippen molar-refractivity contribution in [3.63, 3.8) is 0 Å². The summed E-state index contributed by atoms with van der Waals surface area (Å²) in [6, 6.07) is 4.85. The van der Waals surface area contributed by atoms with E-state index in [1.165, 1.54) is 18.4 Å². The van der Waals surface area contributed by atoms with Crippen LogP contribution < -0.4 is 5.32 Å². The van der Waals surface area contributed by atoms with Gasteiger partial charge in [0.25, 0.3) is 0 Å². The highest BCUT2D eigenvalue weighted by Crippen LogP contribution is 2.26. The molecule has 1 aliphatic carbocycles. The van der Waals surface area contributed by atoms with Crippen LogP contribution in [0.5, 0.6) is 0 Å². The lowest BCUT2D eigenvalue weighted by Gasteiger charge is -2.28. The van der Waals surface area contributed by atoms with Gasteiger partial charge in [-0.3, -0.25) is 0 Å². The highest BCUT2D eigenvalue weighted by Gasteiger charge is 2.31. The molecule has 0 radical (unpaired) electrons. The molecule has 0 aliphatic heterocycles. The van der Waals surface area contributed by atoms with Crippen LogP contribution in [-0.4, -0.2) is 34.0 Å². The predicted octanol–water partition coefficient (Wildman–Crippen LogP) is 2.68. The highest BCUT2D eigenvalue weighted by atomic mass is 32.2. The largest absolute Gasteiger partial charge is 0.394 e. The van der Waals surface area contributed by atoms with Gasteiger partial charge in [-0.2, -0.15) is 0 Å². The van der Waals surface area contributed by atoms with Crippen molar-refractivity contribution in [3.8, 4) is 0 Å². The van der Waals surface area contributed by atoms with Gasteiger partial charge in [0.1, 0.15) is 0 Å². The topological polar surface area (TPSA) is 45.2 Å². The Kier molecular flexibility index (Phi) is 4.87. The maximum Gasteiger partial charge on any atom is 0.0965 e. The van der Waals surface area contributed by atoms with E-state index in [2.05, 4.69) is 36.3 Å². The fourth-order valence-corrected chi connectivity index (χ4v) is 3.42. The van der Waals surface area contributed by atoms with Crippen molar-refractivity contribution in [2.24, 2.45) is 0 Å². The Hall–Kier alpha value is -0.580. The van der Waals surface area contributed by atoms with E-state index >= 15 is 0 Å². The Morgan fingerprint density at radius 3 is 2.74 bits per heavy atom. The first-order valence-electron chi connectivity index (χ1n) is 6.97. The summed E-state index contributed by atoms with van der Waals surface area (Å²) < 4.78 is 0. The van der Waals surface area contributed by atoms with Crippen molar-refractivity contribution < 1.29 is 5.11 Å². The maximum absolute atomic E-state index is 9.56. The van der Waals surface area contributed by atoms with Crippen molar-refractivity contribution in [3.05, 3.63) is 23.4 Å². The van der Waals surface area contributed by atoms with E-state index in [4.69, 9.17) is 0 Å². The van der Waals surface area contributed by atoms with Gasteiger partial charge in [0.05, 0.1) is 11.6 Å². The average Bonchev–Trinajstić information content (AvgIpc) is 3.11. The third-order valence-corrected chi connectivity index (χ3v) is 4.37. The minimum absolute atomic E-state index is 0.146. The standard InChI is InChI=1S/C15H24N2OS/c1-11-8-12(2)16-14(9-11)19-7-6-15(3,10-18)17-13-4-5-13/h8-9,13,17-18H,4-7,10H2,1-3H3. The number of aliphatic hydroxyl groups is 1. The van der Waals surface area contributed by atoms with Crippen LogP contribution in [0.2, 0.25) is 0 Å². The molecule has 1 fully saturated rings. The van der Waals surface area contributed by atoms with E-state index in [0.29, 0.717) is 6.04 Å². The summed E-state index contributed by atoms with van der Waals surface area (Å²) in [5.41, 5.74) is 2.19. The summed E-state index contributed by atoms with van der Waals surface area (Å²) in [5, 5.41) is 14.2. The molecule has 3 nitrogen and oxygen atoms in total. The molecule has 0 bridgehead atoms. The van der Waals surface area contributed by atoms with Gasteiger partial charge in [0.2, 0.25) is 0 Å². The number of aryl methyl sites for hydroxylation is 2. The van der Waals surface area contributed by atoms with Crippen molar-refractivity contribution in [1.29, 1.82) is 0 Å². The molecule has 2 rings (SSSR count). The van der Waals surface area contributed by atoms with Crippen LogP contribution in [0.4, 0.5) is 0 Å². The SMILES string of the molecule is Cc1cc(C)nc(SCCC(C)(CO)NC2CC2)c1. The fourth-order valence-electron chi connectivity index (χ4n) is 2.18. The molecule has 1 unspecified atom stereocenters. The lowest BCUT2D eigenvalue weighted by atomic mass is 10.0. The molecule has 1 aromatic rings. The zero-order valence-corrected chi connectivity index (χ0v) is 12.9. The molecule has 1 atom stereocenters. The fraction of sp³-hybridized carbons (Fsp3) is 0.667. The number of hydrogen-bond acceptors (Lipinski definition) is 4. The predicted molar refractivity (Wildman–Crippen MR) is 80.7 cm³/mol. The molecule has 19 heavy (non-hydrogen) atoms. The molecule has 0 spiro atoms. The normalized spacial score (nSPS) is 18.3. The zero-order chi connectivity index (χ0) is 13.9. The number of rotatable bonds is 7. The summed E-state index contributed by atoms with van der Waals surface area (Å²) in [6.07, 6.45) is 3.46. The molecular weight excluding hydrogens is 256 g/mol. The number of thioether (sulfide) groups is 1. The van der Waals surface area contributed by atoms with Crippen molar-refractivity contribution in [2.75, 3.05) is 12.4 Å². The number of aliphatic hydroxyl groups excluding tert-OH is 1. The van der Waals surface area contributed by atoms with E-state index in [-0.39, 0.29) is 12.1 Å². The summed E-state index contributed by atoms with van der Waals surface area (Å²) in [4.78, 5) is 4.53. The Morgan fingerprint density at radius 2 is 2.16 bits per heavy atom. The summed E-state index contributed by atoms with van der Waals surface area (Å²) >= 11 is 1.78. The van der Waals surface area contributed by atoms with Crippen LogP contribution >= 0.6 is 11.8 Å². The van der Waals surface area contributed by atoms with Crippen LogP contribution in [0.15, 0.2) is 17.2 Å². The number of nitrogens with zero attached hydrogens (tertiary/aromatic N) is 1. The van der Waals surface area contributed by atoms with Gasteiger partial charge in [-0.15, -0.1) is 11.8 Å². The van der Waals surface area contributed by atoms with E-state index < -0.39 is 0 Å². The van der Waals surface area contributed by atoms with Gasteiger partial charge in [-0.05, 0) is 57.7 Å². The quantitative estimate of drug-likeness (QED) is 0.754. The van der Waals surface area contributed by atoms with Crippen LogP contribution in [0.1, 0.15) is 37.4 Å². The van der Waals surface area contributed by atoms with E-state index in [1.54, 1.807) is 11.8 Å². The van der Waals surface area contributed by atoms with Crippen LogP contribution in [0.25, 0.3) is 0 Å². The van der Waals surface area contributed by atoms with Crippen molar-refractivity contribution >= 4 is 11.8 Å². The molecule has 1 aliphatic rings. The second-order valence-electron chi connectivity index (χ2n) is 5.86.